The first kappa shape index (κ1) is 96.1. The molecule has 0 radical (unpaired) electrons. The zero-order chi connectivity index (χ0) is 72.3. The molecule has 3 unspecified atom stereocenters. The van der Waals surface area contributed by atoms with Gasteiger partial charge in [-0.15, -0.1) is 0 Å². The molecule has 17 nitrogen and oxygen atoms in total. The van der Waals surface area contributed by atoms with Crippen molar-refractivity contribution in [2.24, 2.45) is 17.8 Å². The summed E-state index contributed by atoms with van der Waals surface area (Å²) < 4.78 is 68.4. The zero-order valence-electron chi connectivity index (χ0n) is 64.3. The Kier molecular flexibility index (Phi) is 68.1. The maximum atomic E-state index is 13.1. The van der Waals surface area contributed by atoms with Crippen LogP contribution in [-0.4, -0.2) is 96.7 Å². The number of aliphatic hydroxyl groups excluding tert-OH is 1. The van der Waals surface area contributed by atoms with E-state index in [0.29, 0.717) is 25.7 Å². The van der Waals surface area contributed by atoms with Gasteiger partial charge < -0.3 is 33.8 Å². The van der Waals surface area contributed by atoms with E-state index in [4.69, 9.17) is 37.0 Å². The summed E-state index contributed by atoms with van der Waals surface area (Å²) in [5.41, 5.74) is 0. The molecule has 0 saturated carbocycles. The summed E-state index contributed by atoms with van der Waals surface area (Å²) in [5.74, 6) is 0.305. The van der Waals surface area contributed by atoms with Crippen molar-refractivity contribution < 1.29 is 80.2 Å². The average molecular weight is 1440 g/mol. The largest absolute Gasteiger partial charge is 0.472 e. The predicted octanol–water partition coefficient (Wildman–Crippen LogP) is 23.4. The van der Waals surface area contributed by atoms with Crippen LogP contribution in [0.1, 0.15) is 408 Å². The SMILES string of the molecule is CCCCCCCC(=O)OC[C@H](COP(=O)(O)OC[C@H](O)COP(=O)(O)OC[C@@H](COC(=O)CCCCCCCCCCCCCCCCCC(C)C)OC(=O)CCCCCCCCCCCCCCCCCCCCC(C)C)OC(=O)CCCCCCCCCCCCC(C)CC. The number of hydrogen-bond donors (Lipinski definition) is 3. The molecular formula is C79H154O17P2. The monoisotopic (exact) mass is 1440 g/mol. The number of aliphatic hydroxyl groups is 1. The van der Waals surface area contributed by atoms with Gasteiger partial charge in [0.15, 0.2) is 12.2 Å². The smallest absolute Gasteiger partial charge is 0.462 e. The van der Waals surface area contributed by atoms with Crippen LogP contribution in [0.15, 0.2) is 0 Å². The van der Waals surface area contributed by atoms with Gasteiger partial charge in [0.1, 0.15) is 19.3 Å². The van der Waals surface area contributed by atoms with Gasteiger partial charge in [0.05, 0.1) is 26.4 Å². The molecule has 0 aromatic heterocycles. The van der Waals surface area contributed by atoms with E-state index in [9.17, 15) is 43.2 Å². The molecular weight excluding hydrogens is 1280 g/mol. The summed E-state index contributed by atoms with van der Waals surface area (Å²) in [4.78, 5) is 72.6. The molecule has 98 heavy (non-hydrogen) atoms. The predicted molar refractivity (Wildman–Crippen MR) is 400 cm³/mol. The second-order valence-electron chi connectivity index (χ2n) is 29.6. The molecule has 0 bridgehead atoms. The van der Waals surface area contributed by atoms with Crippen molar-refractivity contribution in [1.29, 1.82) is 0 Å². The lowest BCUT2D eigenvalue weighted by Crippen LogP contribution is -2.30. The van der Waals surface area contributed by atoms with Crippen LogP contribution in [0.4, 0.5) is 0 Å². The van der Waals surface area contributed by atoms with Crippen molar-refractivity contribution >= 4 is 39.5 Å². The number of esters is 4. The summed E-state index contributed by atoms with van der Waals surface area (Å²) in [7, 11) is -9.91. The molecule has 0 fully saturated rings. The highest BCUT2D eigenvalue weighted by molar-refractivity contribution is 7.47. The molecule has 19 heteroatoms. The van der Waals surface area contributed by atoms with Crippen LogP contribution in [0.2, 0.25) is 0 Å². The number of hydrogen-bond acceptors (Lipinski definition) is 15. The molecule has 0 saturated heterocycles. The van der Waals surface area contributed by atoms with E-state index in [2.05, 4.69) is 48.5 Å². The molecule has 0 aromatic carbocycles. The molecule has 6 atom stereocenters. The quantitative estimate of drug-likeness (QED) is 0.0222. The molecule has 582 valence electrons. The Morgan fingerprint density at radius 1 is 0.296 bits per heavy atom. The van der Waals surface area contributed by atoms with E-state index in [-0.39, 0.29) is 25.7 Å². The Bertz CT molecular complexity index is 1910. The lowest BCUT2D eigenvalue weighted by molar-refractivity contribution is -0.161. The Labute approximate surface area is 600 Å². The van der Waals surface area contributed by atoms with Crippen LogP contribution in [0.5, 0.6) is 0 Å². The van der Waals surface area contributed by atoms with E-state index in [1.54, 1.807) is 0 Å². The maximum absolute atomic E-state index is 13.1. The molecule has 0 aromatic rings. The fraction of sp³-hybridized carbons (Fsp3) is 0.949. The van der Waals surface area contributed by atoms with Gasteiger partial charge >= 0.3 is 39.5 Å². The minimum absolute atomic E-state index is 0.105. The van der Waals surface area contributed by atoms with Gasteiger partial charge in [-0.1, -0.05) is 357 Å². The highest BCUT2D eigenvalue weighted by atomic mass is 31.2. The van der Waals surface area contributed by atoms with Gasteiger partial charge in [-0.25, -0.2) is 9.13 Å². The standard InChI is InChI=1S/C79H154O17P2/c1-8-10-11-43-53-60-76(81)89-66-74(95-78(83)63-56-49-42-36-30-29-33-39-46-52-59-72(7)9-2)68-93-97(85,86)91-64-73(80)65-92-98(87,88)94-69-75(67-90-77(82)61-54-47-40-34-27-23-20-16-18-22-26-32-38-45-51-58-71(5)6)96-79(84)62-55-48-41-35-28-24-19-15-13-12-14-17-21-25-31-37-44-50-57-70(3)4/h70-75,80H,8-69H2,1-7H3,(H,85,86)(H,87,88)/t72?,73-,74+,75+/m0/s1. The van der Waals surface area contributed by atoms with Gasteiger partial charge in [-0.05, 0) is 43.4 Å². The molecule has 0 spiro atoms. The number of unbranched alkanes of at least 4 members (excludes halogenated alkanes) is 44. The van der Waals surface area contributed by atoms with Crippen molar-refractivity contribution in [3.8, 4) is 0 Å². The normalized spacial score (nSPS) is 14.3. The highest BCUT2D eigenvalue weighted by Gasteiger charge is 2.30. The van der Waals surface area contributed by atoms with Crippen molar-refractivity contribution in [3.05, 3.63) is 0 Å². The Morgan fingerprint density at radius 2 is 0.520 bits per heavy atom. The molecule has 0 amide bonds. The fourth-order valence-corrected chi connectivity index (χ4v) is 13.7. The first-order valence-corrected chi connectivity index (χ1v) is 43.9. The van der Waals surface area contributed by atoms with E-state index in [0.717, 1.165) is 114 Å². The summed E-state index contributed by atoms with van der Waals surface area (Å²) in [6.07, 6.45) is 57.3. The second kappa shape index (κ2) is 69.4. The molecule has 0 heterocycles. The third-order valence-corrected chi connectivity index (χ3v) is 20.6. The Morgan fingerprint density at radius 3 is 0.776 bits per heavy atom. The van der Waals surface area contributed by atoms with Crippen LogP contribution in [0.25, 0.3) is 0 Å². The number of phosphoric ester groups is 2. The first-order chi connectivity index (χ1) is 47.3. The van der Waals surface area contributed by atoms with Gasteiger partial charge in [0.2, 0.25) is 0 Å². The number of phosphoric acid groups is 2. The minimum atomic E-state index is -4.96. The van der Waals surface area contributed by atoms with Gasteiger partial charge in [-0.3, -0.25) is 37.3 Å². The zero-order valence-corrected chi connectivity index (χ0v) is 66.0. The summed E-state index contributed by atoms with van der Waals surface area (Å²) >= 11 is 0. The third-order valence-electron chi connectivity index (χ3n) is 18.7. The minimum Gasteiger partial charge on any atom is -0.462 e. The molecule has 0 aliphatic rings. The number of rotatable bonds is 77. The number of carbonyl (C=O) groups excluding carboxylic acids is 4. The van der Waals surface area contributed by atoms with Crippen LogP contribution < -0.4 is 0 Å². The van der Waals surface area contributed by atoms with Crippen molar-refractivity contribution in [3.63, 3.8) is 0 Å². The number of ether oxygens (including phenoxy) is 4. The van der Waals surface area contributed by atoms with E-state index >= 15 is 0 Å². The summed E-state index contributed by atoms with van der Waals surface area (Å²) in [5, 5.41) is 10.6. The topological polar surface area (TPSA) is 237 Å². The van der Waals surface area contributed by atoms with Crippen LogP contribution in [-0.2, 0) is 65.4 Å². The molecule has 3 N–H and O–H groups in total. The van der Waals surface area contributed by atoms with Crippen molar-refractivity contribution in [2.75, 3.05) is 39.6 Å². The van der Waals surface area contributed by atoms with Gasteiger partial charge in [0.25, 0.3) is 0 Å². The fourth-order valence-electron chi connectivity index (χ4n) is 12.1. The Balaban J connectivity index is 5.13. The van der Waals surface area contributed by atoms with Crippen LogP contribution in [0.3, 0.4) is 0 Å². The second-order valence-corrected chi connectivity index (χ2v) is 32.6. The van der Waals surface area contributed by atoms with E-state index < -0.39 is 97.5 Å². The van der Waals surface area contributed by atoms with E-state index in [1.807, 2.05) is 0 Å². The Hall–Kier alpha value is -1.94. The highest BCUT2D eigenvalue weighted by Crippen LogP contribution is 2.45. The van der Waals surface area contributed by atoms with Crippen LogP contribution >= 0.6 is 15.6 Å². The summed E-state index contributed by atoms with van der Waals surface area (Å²) in [6.45, 7) is 11.9. The van der Waals surface area contributed by atoms with Crippen molar-refractivity contribution in [2.45, 2.75) is 426 Å². The molecule has 0 aliphatic heterocycles. The van der Waals surface area contributed by atoms with Gasteiger partial charge in [-0.2, -0.15) is 0 Å². The van der Waals surface area contributed by atoms with Crippen molar-refractivity contribution in [1.82, 2.24) is 0 Å². The lowest BCUT2D eigenvalue weighted by atomic mass is 9.99. The van der Waals surface area contributed by atoms with E-state index in [1.165, 1.54) is 212 Å². The first-order valence-electron chi connectivity index (χ1n) is 40.9. The molecule has 0 rings (SSSR count). The lowest BCUT2D eigenvalue weighted by Gasteiger charge is -2.21. The van der Waals surface area contributed by atoms with Crippen LogP contribution in [0, 0.1) is 17.8 Å². The maximum Gasteiger partial charge on any atom is 0.472 e. The third kappa shape index (κ3) is 71.1. The average Bonchev–Trinajstić information content (AvgIpc) is 3.18. The molecule has 0 aliphatic carbocycles. The summed E-state index contributed by atoms with van der Waals surface area (Å²) in [6, 6.07) is 0. The number of carbonyl (C=O) groups is 4. The van der Waals surface area contributed by atoms with Gasteiger partial charge in [0, 0.05) is 25.7 Å².